The molecule has 1 aliphatic carbocycles. The highest BCUT2D eigenvalue weighted by Crippen LogP contribution is 2.51. The van der Waals surface area contributed by atoms with Gasteiger partial charge < -0.3 is 15.7 Å². The van der Waals surface area contributed by atoms with Crippen molar-refractivity contribution >= 4 is 23.3 Å². The highest BCUT2D eigenvalue weighted by molar-refractivity contribution is 7.09. The average molecular weight is 297 g/mol. The van der Waals surface area contributed by atoms with Crippen molar-refractivity contribution in [1.82, 2.24) is 15.6 Å². The molecule has 0 bridgehead atoms. The van der Waals surface area contributed by atoms with Gasteiger partial charge in [0, 0.05) is 11.9 Å². The fraction of sp³-hybridized carbons (Fsp3) is 0.615. The molecule has 2 amide bonds. The number of urea groups is 1. The molecular weight excluding hydrogens is 278 g/mol. The lowest BCUT2D eigenvalue weighted by Crippen LogP contribution is -2.39. The zero-order chi connectivity index (χ0) is 14.8. The van der Waals surface area contributed by atoms with Crippen molar-refractivity contribution in [3.63, 3.8) is 0 Å². The number of nitrogens with one attached hydrogen (secondary N) is 2. The third kappa shape index (κ3) is 3.47. The molecule has 6 nitrogen and oxygen atoms in total. The number of nitrogens with zero attached hydrogens (tertiary/aromatic N) is 1. The first-order valence-corrected chi connectivity index (χ1v) is 7.50. The van der Waals surface area contributed by atoms with E-state index in [9.17, 15) is 9.59 Å². The zero-order valence-electron chi connectivity index (χ0n) is 11.6. The van der Waals surface area contributed by atoms with Gasteiger partial charge in [0.25, 0.3) is 0 Å². The molecule has 1 aromatic heterocycles. The van der Waals surface area contributed by atoms with Gasteiger partial charge in [-0.25, -0.2) is 14.6 Å². The smallest absolute Gasteiger partial charge is 0.355 e. The number of hydrogen-bond donors (Lipinski definition) is 3. The second-order valence-corrected chi connectivity index (χ2v) is 6.43. The summed E-state index contributed by atoms with van der Waals surface area (Å²) in [6, 6.07) is -0.232. The van der Waals surface area contributed by atoms with Crippen molar-refractivity contribution in [3.05, 3.63) is 16.1 Å². The number of carbonyl (C=O) groups excluding carboxylic acids is 1. The summed E-state index contributed by atoms with van der Waals surface area (Å²) >= 11 is 1.23. The van der Waals surface area contributed by atoms with E-state index in [4.69, 9.17) is 5.11 Å². The average Bonchev–Trinajstić information content (AvgIpc) is 3.04. The molecule has 1 heterocycles. The Kier molecular flexibility index (Phi) is 4.27. The summed E-state index contributed by atoms with van der Waals surface area (Å²) < 4.78 is 0. The number of aromatic carboxylic acids is 1. The molecular formula is C13H19N3O3S. The van der Waals surface area contributed by atoms with Gasteiger partial charge in [0.15, 0.2) is 5.69 Å². The lowest BCUT2D eigenvalue weighted by Gasteiger charge is -2.20. The molecule has 3 N–H and O–H groups in total. The number of rotatable bonds is 6. The van der Waals surface area contributed by atoms with Gasteiger partial charge in [0.2, 0.25) is 0 Å². The van der Waals surface area contributed by atoms with Crippen LogP contribution in [-0.4, -0.2) is 28.6 Å². The van der Waals surface area contributed by atoms with Crippen LogP contribution in [0, 0.1) is 11.3 Å². The second-order valence-electron chi connectivity index (χ2n) is 5.48. The van der Waals surface area contributed by atoms with E-state index in [2.05, 4.69) is 29.5 Å². The fourth-order valence-electron chi connectivity index (χ4n) is 2.08. The third-order valence-electron chi connectivity index (χ3n) is 3.89. The minimum Gasteiger partial charge on any atom is -0.476 e. The summed E-state index contributed by atoms with van der Waals surface area (Å²) in [5.41, 5.74) is 0.290. The van der Waals surface area contributed by atoms with E-state index in [1.54, 1.807) is 0 Å². The maximum atomic E-state index is 11.7. The van der Waals surface area contributed by atoms with Crippen LogP contribution in [0.3, 0.4) is 0 Å². The molecule has 0 spiro atoms. The molecule has 0 saturated heterocycles. The molecule has 2 rings (SSSR count). The molecule has 0 atom stereocenters. The Labute approximate surface area is 121 Å². The van der Waals surface area contributed by atoms with Crippen molar-refractivity contribution < 1.29 is 14.7 Å². The van der Waals surface area contributed by atoms with E-state index in [1.165, 1.54) is 29.6 Å². The maximum absolute atomic E-state index is 11.7. The molecule has 110 valence electrons. The standard InChI is InChI=1S/C13H19N3O3S/c1-8(2)13(3-4-13)7-15-12(19)14-5-10-16-9(6-20-10)11(17)18/h6,8H,3-5,7H2,1-2H3,(H,17,18)(H2,14,15,19). The number of hydrogen-bond acceptors (Lipinski definition) is 4. The first-order valence-electron chi connectivity index (χ1n) is 6.62. The van der Waals surface area contributed by atoms with E-state index in [0.29, 0.717) is 17.5 Å². The minimum atomic E-state index is -1.05. The Morgan fingerprint density at radius 1 is 1.45 bits per heavy atom. The van der Waals surface area contributed by atoms with Gasteiger partial charge in [0.1, 0.15) is 5.01 Å². The zero-order valence-corrected chi connectivity index (χ0v) is 12.4. The van der Waals surface area contributed by atoms with Gasteiger partial charge in [-0.1, -0.05) is 13.8 Å². The van der Waals surface area contributed by atoms with Crippen LogP contribution in [0.4, 0.5) is 4.79 Å². The molecule has 20 heavy (non-hydrogen) atoms. The summed E-state index contributed by atoms with van der Waals surface area (Å²) in [5, 5.41) is 16.4. The van der Waals surface area contributed by atoms with Crippen LogP contribution in [0.1, 0.15) is 42.2 Å². The topological polar surface area (TPSA) is 91.3 Å². The van der Waals surface area contributed by atoms with E-state index in [0.717, 1.165) is 0 Å². The van der Waals surface area contributed by atoms with Crippen LogP contribution in [0.25, 0.3) is 0 Å². The predicted octanol–water partition coefficient (Wildman–Crippen LogP) is 2.08. The predicted molar refractivity (Wildman–Crippen MR) is 75.8 cm³/mol. The maximum Gasteiger partial charge on any atom is 0.355 e. The van der Waals surface area contributed by atoms with Gasteiger partial charge in [-0.05, 0) is 24.2 Å². The van der Waals surface area contributed by atoms with Crippen LogP contribution >= 0.6 is 11.3 Å². The number of carboxylic acid groups (broad SMARTS) is 1. The van der Waals surface area contributed by atoms with E-state index in [1.807, 2.05) is 0 Å². The van der Waals surface area contributed by atoms with Gasteiger partial charge in [0.05, 0.1) is 6.54 Å². The van der Waals surface area contributed by atoms with E-state index < -0.39 is 5.97 Å². The molecule has 1 aliphatic rings. The van der Waals surface area contributed by atoms with Crippen molar-refractivity contribution in [1.29, 1.82) is 0 Å². The molecule has 1 aromatic rings. The van der Waals surface area contributed by atoms with Crippen LogP contribution < -0.4 is 10.6 Å². The largest absolute Gasteiger partial charge is 0.476 e. The van der Waals surface area contributed by atoms with Crippen LogP contribution in [0.5, 0.6) is 0 Å². The lowest BCUT2D eigenvalue weighted by atomic mass is 9.92. The first kappa shape index (κ1) is 14.8. The fourth-order valence-corrected chi connectivity index (χ4v) is 2.79. The molecule has 7 heteroatoms. The van der Waals surface area contributed by atoms with E-state index >= 15 is 0 Å². The molecule has 1 fully saturated rings. The van der Waals surface area contributed by atoms with Gasteiger partial charge >= 0.3 is 12.0 Å². The number of amides is 2. The van der Waals surface area contributed by atoms with Crippen LogP contribution in [0.15, 0.2) is 5.38 Å². The number of carboxylic acids is 1. The SMILES string of the molecule is CC(C)C1(CNC(=O)NCc2nc(C(=O)O)cs2)CC1. The lowest BCUT2D eigenvalue weighted by molar-refractivity contribution is 0.0691. The Morgan fingerprint density at radius 3 is 2.65 bits per heavy atom. The van der Waals surface area contributed by atoms with Gasteiger partial charge in [-0.3, -0.25) is 0 Å². The summed E-state index contributed by atoms with van der Waals surface area (Å²) in [7, 11) is 0. The molecule has 0 unspecified atom stereocenters. The summed E-state index contributed by atoms with van der Waals surface area (Å²) in [6.07, 6.45) is 2.33. The highest BCUT2D eigenvalue weighted by Gasteiger charge is 2.45. The molecule has 1 saturated carbocycles. The number of carbonyl (C=O) groups is 2. The molecule has 0 radical (unpaired) electrons. The second kappa shape index (κ2) is 5.78. The van der Waals surface area contributed by atoms with E-state index in [-0.39, 0.29) is 23.7 Å². The quantitative estimate of drug-likeness (QED) is 0.749. The van der Waals surface area contributed by atoms with Gasteiger partial charge in [-0.15, -0.1) is 11.3 Å². The first-order chi connectivity index (χ1) is 9.43. The Balaban J connectivity index is 1.73. The summed E-state index contributed by atoms with van der Waals surface area (Å²) in [4.78, 5) is 26.3. The molecule has 0 aliphatic heterocycles. The molecule has 0 aromatic carbocycles. The Bertz CT molecular complexity index is 509. The monoisotopic (exact) mass is 297 g/mol. The summed E-state index contributed by atoms with van der Waals surface area (Å²) in [6.45, 7) is 5.29. The van der Waals surface area contributed by atoms with Crippen LogP contribution in [-0.2, 0) is 6.54 Å². The van der Waals surface area contributed by atoms with Crippen molar-refractivity contribution in [3.8, 4) is 0 Å². The highest BCUT2D eigenvalue weighted by atomic mass is 32.1. The Morgan fingerprint density at radius 2 is 2.15 bits per heavy atom. The number of thiazole rings is 1. The van der Waals surface area contributed by atoms with Crippen molar-refractivity contribution in [2.75, 3.05) is 6.54 Å². The summed E-state index contributed by atoms with van der Waals surface area (Å²) in [5.74, 6) is -0.482. The third-order valence-corrected chi connectivity index (χ3v) is 4.74. The van der Waals surface area contributed by atoms with Crippen LogP contribution in [0.2, 0.25) is 0 Å². The number of aromatic nitrogens is 1. The van der Waals surface area contributed by atoms with Crippen molar-refractivity contribution in [2.45, 2.75) is 33.2 Å². The minimum absolute atomic E-state index is 0.0175. The van der Waals surface area contributed by atoms with Gasteiger partial charge in [-0.2, -0.15) is 0 Å². The normalized spacial score (nSPS) is 15.9. The van der Waals surface area contributed by atoms with Crippen molar-refractivity contribution in [2.24, 2.45) is 11.3 Å². The Hall–Kier alpha value is -1.63.